The molecule has 0 bridgehead atoms. The van der Waals surface area contributed by atoms with E-state index in [-0.39, 0.29) is 11.7 Å². The fraction of sp³-hybridized carbons (Fsp3) is 0.263. The van der Waals surface area contributed by atoms with Crippen molar-refractivity contribution >= 4 is 16.8 Å². The minimum Gasteiger partial charge on any atom is -0.497 e. The standard InChI is InChI=1S/C19H20FN3O2/c1-25-16-6-7-18-15(12-16)13-22-23(18)11-9-19(24)21-10-8-14-4-2-3-5-17(14)20/h2-7,12-13H,8-11H2,1H3,(H,21,24). The van der Waals surface area contributed by atoms with E-state index in [1.807, 2.05) is 18.2 Å². The molecule has 0 atom stereocenters. The number of rotatable bonds is 7. The van der Waals surface area contributed by atoms with Crippen molar-refractivity contribution < 1.29 is 13.9 Å². The third-order valence-corrected chi connectivity index (χ3v) is 4.07. The molecular formula is C19H20FN3O2. The molecule has 0 aliphatic carbocycles. The van der Waals surface area contributed by atoms with Crippen molar-refractivity contribution in [1.29, 1.82) is 0 Å². The minimum absolute atomic E-state index is 0.0755. The topological polar surface area (TPSA) is 56.2 Å². The van der Waals surface area contributed by atoms with Crippen LogP contribution in [0.5, 0.6) is 5.75 Å². The molecule has 5 nitrogen and oxygen atoms in total. The quantitative estimate of drug-likeness (QED) is 0.719. The van der Waals surface area contributed by atoms with E-state index >= 15 is 0 Å². The summed E-state index contributed by atoms with van der Waals surface area (Å²) in [6, 6.07) is 12.3. The number of nitrogens with zero attached hydrogens (tertiary/aromatic N) is 2. The van der Waals surface area contributed by atoms with Crippen LogP contribution in [0.3, 0.4) is 0 Å². The van der Waals surface area contributed by atoms with E-state index in [0.29, 0.717) is 31.5 Å². The van der Waals surface area contributed by atoms with Gasteiger partial charge in [0.05, 0.1) is 25.4 Å². The molecule has 0 unspecified atom stereocenters. The maximum absolute atomic E-state index is 13.5. The van der Waals surface area contributed by atoms with Crippen LogP contribution in [0, 0.1) is 5.82 Å². The number of amides is 1. The van der Waals surface area contributed by atoms with Gasteiger partial charge in [-0.2, -0.15) is 5.10 Å². The largest absolute Gasteiger partial charge is 0.497 e. The average molecular weight is 341 g/mol. The predicted molar refractivity (Wildman–Crippen MR) is 94.0 cm³/mol. The number of ether oxygens (including phenoxy) is 1. The molecule has 0 aliphatic heterocycles. The van der Waals surface area contributed by atoms with Gasteiger partial charge in [-0.1, -0.05) is 18.2 Å². The fourth-order valence-corrected chi connectivity index (χ4v) is 2.70. The Labute approximate surface area is 145 Å². The van der Waals surface area contributed by atoms with Crippen LogP contribution < -0.4 is 10.1 Å². The predicted octanol–water partition coefficient (Wildman–Crippen LogP) is 2.93. The highest BCUT2D eigenvalue weighted by Crippen LogP contribution is 2.20. The summed E-state index contributed by atoms with van der Waals surface area (Å²) in [6.45, 7) is 0.901. The number of hydrogen-bond donors (Lipinski definition) is 1. The van der Waals surface area contributed by atoms with Gasteiger partial charge in [0.25, 0.3) is 0 Å². The molecule has 0 fully saturated rings. The molecule has 25 heavy (non-hydrogen) atoms. The van der Waals surface area contributed by atoms with Gasteiger partial charge in [0.15, 0.2) is 0 Å². The van der Waals surface area contributed by atoms with Crippen LogP contribution in [0.1, 0.15) is 12.0 Å². The van der Waals surface area contributed by atoms with Gasteiger partial charge in [-0.05, 0) is 36.2 Å². The molecule has 130 valence electrons. The smallest absolute Gasteiger partial charge is 0.221 e. The van der Waals surface area contributed by atoms with Gasteiger partial charge in [0, 0.05) is 18.4 Å². The molecule has 0 aliphatic rings. The summed E-state index contributed by atoms with van der Waals surface area (Å²) in [4.78, 5) is 12.0. The van der Waals surface area contributed by atoms with Crippen LogP contribution in [0.4, 0.5) is 4.39 Å². The van der Waals surface area contributed by atoms with E-state index < -0.39 is 0 Å². The summed E-state index contributed by atoms with van der Waals surface area (Å²) in [5.41, 5.74) is 1.56. The van der Waals surface area contributed by atoms with Gasteiger partial charge in [-0.3, -0.25) is 9.48 Å². The first kappa shape index (κ1) is 17.0. The highest BCUT2D eigenvalue weighted by molar-refractivity contribution is 5.80. The number of hydrogen-bond acceptors (Lipinski definition) is 3. The van der Waals surface area contributed by atoms with Crippen LogP contribution >= 0.6 is 0 Å². The van der Waals surface area contributed by atoms with E-state index in [1.54, 1.807) is 36.2 Å². The first-order chi connectivity index (χ1) is 12.2. The lowest BCUT2D eigenvalue weighted by Crippen LogP contribution is -2.26. The van der Waals surface area contributed by atoms with Crippen LogP contribution in [0.15, 0.2) is 48.7 Å². The van der Waals surface area contributed by atoms with Crippen molar-refractivity contribution in [2.75, 3.05) is 13.7 Å². The Hall–Kier alpha value is -2.89. The monoisotopic (exact) mass is 341 g/mol. The Morgan fingerprint density at radius 1 is 1.28 bits per heavy atom. The summed E-state index contributed by atoms with van der Waals surface area (Å²) in [5, 5.41) is 8.11. The minimum atomic E-state index is -0.241. The second-order valence-electron chi connectivity index (χ2n) is 5.73. The highest BCUT2D eigenvalue weighted by Gasteiger charge is 2.07. The number of benzene rings is 2. The van der Waals surface area contributed by atoms with Gasteiger partial charge in [-0.15, -0.1) is 0 Å². The first-order valence-electron chi connectivity index (χ1n) is 8.17. The summed E-state index contributed by atoms with van der Waals surface area (Å²) in [7, 11) is 1.62. The zero-order chi connectivity index (χ0) is 17.6. The third-order valence-electron chi connectivity index (χ3n) is 4.07. The Morgan fingerprint density at radius 3 is 2.92 bits per heavy atom. The summed E-state index contributed by atoms with van der Waals surface area (Å²) < 4.78 is 20.5. The number of aromatic nitrogens is 2. The molecule has 0 saturated carbocycles. The number of fused-ring (bicyclic) bond motifs is 1. The van der Waals surface area contributed by atoms with Gasteiger partial charge in [0.2, 0.25) is 5.91 Å². The highest BCUT2D eigenvalue weighted by atomic mass is 19.1. The normalized spacial score (nSPS) is 10.8. The van der Waals surface area contributed by atoms with E-state index in [1.165, 1.54) is 6.07 Å². The lowest BCUT2D eigenvalue weighted by Gasteiger charge is -2.07. The zero-order valence-corrected chi connectivity index (χ0v) is 14.0. The molecule has 6 heteroatoms. The van der Waals surface area contributed by atoms with Crippen LogP contribution in [-0.4, -0.2) is 29.3 Å². The number of nitrogens with one attached hydrogen (secondary N) is 1. The number of carbonyl (C=O) groups is 1. The SMILES string of the molecule is COc1ccc2c(cnn2CCC(=O)NCCc2ccccc2F)c1. The summed E-state index contributed by atoms with van der Waals surface area (Å²) >= 11 is 0. The van der Waals surface area contributed by atoms with Crippen molar-refractivity contribution in [2.45, 2.75) is 19.4 Å². The molecule has 1 aromatic heterocycles. The number of carbonyl (C=O) groups excluding carboxylic acids is 1. The lowest BCUT2D eigenvalue weighted by molar-refractivity contribution is -0.121. The van der Waals surface area contributed by atoms with Crippen molar-refractivity contribution in [1.82, 2.24) is 15.1 Å². The van der Waals surface area contributed by atoms with E-state index in [2.05, 4.69) is 10.4 Å². The maximum Gasteiger partial charge on any atom is 0.221 e. The molecule has 1 amide bonds. The Balaban J connectivity index is 1.50. The van der Waals surface area contributed by atoms with Gasteiger partial charge in [-0.25, -0.2) is 4.39 Å². The van der Waals surface area contributed by atoms with E-state index in [9.17, 15) is 9.18 Å². The van der Waals surface area contributed by atoms with Crippen molar-refractivity contribution in [2.24, 2.45) is 0 Å². The molecule has 0 saturated heterocycles. The van der Waals surface area contributed by atoms with Crippen molar-refractivity contribution in [3.8, 4) is 5.75 Å². The molecule has 1 N–H and O–H groups in total. The third kappa shape index (κ3) is 4.15. The number of aryl methyl sites for hydroxylation is 1. The van der Waals surface area contributed by atoms with Gasteiger partial charge in [0.1, 0.15) is 11.6 Å². The van der Waals surface area contributed by atoms with Crippen molar-refractivity contribution in [3.63, 3.8) is 0 Å². The molecule has 3 aromatic rings. The second-order valence-corrected chi connectivity index (χ2v) is 5.73. The molecule has 0 radical (unpaired) electrons. The maximum atomic E-state index is 13.5. The Kier molecular flexibility index (Phi) is 5.28. The van der Waals surface area contributed by atoms with Gasteiger partial charge >= 0.3 is 0 Å². The molecular weight excluding hydrogens is 321 g/mol. The van der Waals surface area contributed by atoms with Gasteiger partial charge < -0.3 is 10.1 Å². The average Bonchev–Trinajstić information content (AvgIpc) is 3.03. The summed E-state index contributed by atoms with van der Waals surface area (Å²) in [5.74, 6) is 0.460. The second kappa shape index (κ2) is 7.79. The Morgan fingerprint density at radius 2 is 2.12 bits per heavy atom. The molecule has 0 spiro atoms. The molecule has 1 heterocycles. The first-order valence-corrected chi connectivity index (χ1v) is 8.17. The van der Waals surface area contributed by atoms with Crippen LogP contribution in [-0.2, 0) is 17.8 Å². The molecule has 2 aromatic carbocycles. The van der Waals surface area contributed by atoms with E-state index in [0.717, 1.165) is 16.7 Å². The lowest BCUT2D eigenvalue weighted by atomic mass is 10.1. The molecule has 3 rings (SSSR count). The Bertz CT molecular complexity index is 876. The van der Waals surface area contributed by atoms with Crippen LogP contribution in [0.2, 0.25) is 0 Å². The van der Waals surface area contributed by atoms with E-state index in [4.69, 9.17) is 4.74 Å². The zero-order valence-electron chi connectivity index (χ0n) is 14.0. The summed E-state index contributed by atoms with van der Waals surface area (Å²) in [6.07, 6.45) is 2.55. The fourth-order valence-electron chi connectivity index (χ4n) is 2.70. The van der Waals surface area contributed by atoms with Crippen molar-refractivity contribution in [3.05, 3.63) is 60.0 Å². The van der Waals surface area contributed by atoms with Crippen LogP contribution in [0.25, 0.3) is 10.9 Å². The number of halogens is 1. The number of methoxy groups -OCH3 is 1.